The smallest absolute Gasteiger partial charge is 0.296 e. The zero-order valence-electron chi connectivity index (χ0n) is 19.8. The number of furan rings is 1. The average Bonchev–Trinajstić information content (AvgIpc) is 3.61. The Kier molecular flexibility index (Phi) is 5.15. The fourth-order valence-corrected chi connectivity index (χ4v) is 4.54. The van der Waals surface area contributed by atoms with Crippen molar-refractivity contribution in [3.8, 4) is 11.5 Å². The second kappa shape index (κ2) is 8.52. The van der Waals surface area contributed by atoms with Crippen LogP contribution >= 0.6 is 0 Å². The lowest BCUT2D eigenvalue weighted by Crippen LogP contribution is -2.32. The Morgan fingerprint density at radius 2 is 1.81 bits per heavy atom. The molecular formula is C27H20N4O6. The number of aliphatic hydroxyl groups is 1. The number of nitrogens with one attached hydrogen (secondary N) is 1. The Morgan fingerprint density at radius 1 is 1.05 bits per heavy atom. The lowest BCUT2D eigenvalue weighted by molar-refractivity contribution is -0.117. The lowest BCUT2D eigenvalue weighted by atomic mass is 9.98. The van der Waals surface area contributed by atoms with Crippen molar-refractivity contribution in [2.75, 3.05) is 19.1 Å². The van der Waals surface area contributed by atoms with Crippen molar-refractivity contribution in [2.45, 2.75) is 6.04 Å². The Balaban J connectivity index is 1.49. The summed E-state index contributed by atoms with van der Waals surface area (Å²) < 4.78 is 16.5. The molecule has 1 atom stereocenters. The maximum Gasteiger partial charge on any atom is 0.296 e. The Hall–Kier alpha value is -5.12. The minimum absolute atomic E-state index is 0.00240. The molecule has 0 saturated carbocycles. The van der Waals surface area contributed by atoms with Crippen molar-refractivity contribution in [2.24, 2.45) is 0 Å². The quantitative estimate of drug-likeness (QED) is 0.329. The van der Waals surface area contributed by atoms with Crippen molar-refractivity contribution >= 4 is 39.6 Å². The number of H-pyrrole nitrogens is 1. The first-order valence-corrected chi connectivity index (χ1v) is 11.3. The van der Waals surface area contributed by atoms with Gasteiger partial charge in [0.05, 0.1) is 36.5 Å². The summed E-state index contributed by atoms with van der Waals surface area (Å²) in [6.07, 6.45) is 1.55. The number of hydrogen-bond donors (Lipinski definition) is 2. The topological polar surface area (TPSA) is 131 Å². The van der Waals surface area contributed by atoms with Gasteiger partial charge in [-0.1, -0.05) is 24.3 Å². The highest BCUT2D eigenvalue weighted by Crippen LogP contribution is 2.42. The molecular weight excluding hydrogens is 476 g/mol. The summed E-state index contributed by atoms with van der Waals surface area (Å²) in [6, 6.07) is 16.2. The van der Waals surface area contributed by atoms with E-state index < -0.39 is 23.5 Å². The molecule has 37 heavy (non-hydrogen) atoms. The number of ether oxygens (including phenoxy) is 2. The van der Waals surface area contributed by atoms with Crippen molar-refractivity contribution in [1.29, 1.82) is 0 Å². The third kappa shape index (κ3) is 3.49. The van der Waals surface area contributed by atoms with E-state index in [9.17, 15) is 14.7 Å². The minimum Gasteiger partial charge on any atom is -0.503 e. The molecule has 2 N–H and O–H groups in total. The number of imidazole rings is 1. The second-order valence-corrected chi connectivity index (χ2v) is 8.36. The van der Waals surface area contributed by atoms with Crippen molar-refractivity contribution < 1.29 is 28.6 Å². The van der Waals surface area contributed by atoms with Crippen LogP contribution in [0.2, 0.25) is 0 Å². The van der Waals surface area contributed by atoms with Crippen LogP contribution in [0, 0.1) is 0 Å². The number of hydrogen-bond acceptors (Lipinski definition) is 8. The molecule has 4 heterocycles. The number of Topliss-reactive ketones (excluding diaryl/α,β-unsaturated/α-hetero) is 1. The number of aliphatic hydroxyl groups excluding tert-OH is 1. The number of ketones is 1. The number of methoxy groups -OCH3 is 2. The van der Waals surface area contributed by atoms with Gasteiger partial charge in [-0.05, 0) is 24.3 Å². The van der Waals surface area contributed by atoms with Crippen LogP contribution in [0.25, 0.3) is 22.0 Å². The number of aromatic nitrogens is 3. The van der Waals surface area contributed by atoms with Gasteiger partial charge >= 0.3 is 0 Å². The summed E-state index contributed by atoms with van der Waals surface area (Å²) in [6.45, 7) is 0. The van der Waals surface area contributed by atoms with Crippen LogP contribution < -0.4 is 14.4 Å². The third-order valence-electron chi connectivity index (χ3n) is 6.27. The van der Waals surface area contributed by atoms with Crippen LogP contribution in [0.15, 0.2) is 82.6 Å². The van der Waals surface area contributed by atoms with Gasteiger partial charge in [0.25, 0.3) is 5.91 Å². The van der Waals surface area contributed by atoms with E-state index in [0.717, 1.165) is 5.39 Å². The maximum atomic E-state index is 13.7. The third-order valence-corrected chi connectivity index (χ3v) is 6.27. The first kappa shape index (κ1) is 22.4. The number of amides is 1. The van der Waals surface area contributed by atoms with E-state index in [1.54, 1.807) is 54.7 Å². The van der Waals surface area contributed by atoms with E-state index >= 15 is 0 Å². The van der Waals surface area contributed by atoms with E-state index in [1.165, 1.54) is 19.1 Å². The number of rotatable bonds is 6. The molecule has 1 amide bonds. The molecule has 1 aliphatic heterocycles. The molecule has 5 aromatic rings. The van der Waals surface area contributed by atoms with Gasteiger partial charge in [-0.25, -0.2) is 4.98 Å². The van der Waals surface area contributed by atoms with E-state index in [0.29, 0.717) is 33.8 Å². The number of para-hydroxylation sites is 1. The number of pyridine rings is 1. The van der Waals surface area contributed by atoms with E-state index in [2.05, 4.69) is 15.0 Å². The van der Waals surface area contributed by atoms with Crippen molar-refractivity contribution in [3.63, 3.8) is 0 Å². The summed E-state index contributed by atoms with van der Waals surface area (Å²) >= 11 is 0. The normalized spacial score (nSPS) is 15.7. The van der Waals surface area contributed by atoms with E-state index in [4.69, 9.17) is 13.9 Å². The van der Waals surface area contributed by atoms with Crippen molar-refractivity contribution in [1.82, 2.24) is 15.0 Å². The number of nitrogens with zero attached hydrogens (tertiary/aromatic N) is 3. The highest BCUT2D eigenvalue weighted by Gasteiger charge is 2.47. The lowest BCUT2D eigenvalue weighted by Gasteiger charge is -2.23. The summed E-state index contributed by atoms with van der Waals surface area (Å²) in [5.74, 6) is -1.07. The molecule has 0 saturated heterocycles. The molecule has 0 aliphatic carbocycles. The Bertz CT molecular complexity index is 1650. The van der Waals surface area contributed by atoms with Gasteiger partial charge in [-0.15, -0.1) is 0 Å². The fraction of sp³-hybridized carbons (Fsp3) is 0.111. The van der Waals surface area contributed by atoms with Crippen LogP contribution in [-0.2, 0) is 4.79 Å². The van der Waals surface area contributed by atoms with Crippen LogP contribution in [0.5, 0.6) is 11.5 Å². The number of anilines is 1. The Labute approximate surface area is 209 Å². The summed E-state index contributed by atoms with van der Waals surface area (Å²) in [5.41, 5.74) is 1.79. The predicted molar refractivity (Wildman–Crippen MR) is 134 cm³/mol. The van der Waals surface area contributed by atoms with E-state index in [1.807, 2.05) is 12.1 Å². The van der Waals surface area contributed by atoms with Gasteiger partial charge in [0.1, 0.15) is 11.6 Å². The zero-order chi connectivity index (χ0) is 25.7. The van der Waals surface area contributed by atoms with Gasteiger partial charge in [-0.3, -0.25) is 19.5 Å². The summed E-state index contributed by atoms with van der Waals surface area (Å²) in [7, 11) is 3.02. The van der Waals surface area contributed by atoms with Crippen LogP contribution in [0.1, 0.15) is 22.3 Å². The molecule has 0 spiro atoms. The van der Waals surface area contributed by atoms with Gasteiger partial charge < -0.3 is 24.0 Å². The first-order chi connectivity index (χ1) is 18.0. The molecule has 10 heteroatoms. The number of carbonyl (C=O) groups is 2. The average molecular weight is 496 g/mol. The molecule has 0 fully saturated rings. The standard InChI is InChI=1S/C27H20N4O6/c1-35-19-12-16-17(13-20(19)36-2)30-27(29-16)31-23(15-8-5-6-10-28-15)22(25(33)26(31)34)24(32)21-11-14-7-3-4-9-18(14)37-21/h3-13,23,33H,1-2H3,(H,29,30). The highest BCUT2D eigenvalue weighted by molar-refractivity contribution is 6.20. The van der Waals surface area contributed by atoms with Crippen LogP contribution in [0.3, 0.4) is 0 Å². The van der Waals surface area contributed by atoms with Gasteiger partial charge in [0.15, 0.2) is 23.0 Å². The van der Waals surface area contributed by atoms with Crippen molar-refractivity contribution in [3.05, 3.63) is 89.6 Å². The van der Waals surface area contributed by atoms with Gasteiger partial charge in [0, 0.05) is 23.7 Å². The number of benzene rings is 2. The molecule has 184 valence electrons. The van der Waals surface area contributed by atoms with Crippen LogP contribution in [-0.4, -0.2) is 46.0 Å². The molecule has 0 bridgehead atoms. The SMILES string of the molecule is COc1cc2nc(N3C(=O)C(O)=C(C(=O)c4cc5ccccc5o4)C3c3ccccn3)[nH]c2cc1OC. The molecule has 0 radical (unpaired) electrons. The Morgan fingerprint density at radius 3 is 2.54 bits per heavy atom. The number of fused-ring (bicyclic) bond motifs is 2. The molecule has 10 nitrogen and oxygen atoms in total. The molecule has 6 rings (SSSR count). The minimum atomic E-state index is -1.06. The number of carbonyl (C=O) groups excluding carboxylic acids is 2. The van der Waals surface area contributed by atoms with E-state index in [-0.39, 0.29) is 17.3 Å². The number of aromatic amines is 1. The fourth-order valence-electron chi connectivity index (χ4n) is 4.54. The molecule has 1 unspecified atom stereocenters. The first-order valence-electron chi connectivity index (χ1n) is 11.3. The second-order valence-electron chi connectivity index (χ2n) is 8.36. The maximum absolute atomic E-state index is 13.7. The zero-order valence-corrected chi connectivity index (χ0v) is 19.8. The molecule has 3 aromatic heterocycles. The molecule has 2 aromatic carbocycles. The van der Waals surface area contributed by atoms with Crippen LogP contribution in [0.4, 0.5) is 5.95 Å². The highest BCUT2D eigenvalue weighted by atomic mass is 16.5. The monoisotopic (exact) mass is 496 g/mol. The summed E-state index contributed by atoms with van der Waals surface area (Å²) in [5, 5.41) is 11.7. The summed E-state index contributed by atoms with van der Waals surface area (Å²) in [4.78, 5) is 40.4. The largest absolute Gasteiger partial charge is 0.503 e. The van der Waals surface area contributed by atoms with Gasteiger partial charge in [0.2, 0.25) is 11.7 Å². The van der Waals surface area contributed by atoms with Gasteiger partial charge in [-0.2, -0.15) is 0 Å². The molecule has 1 aliphatic rings. The predicted octanol–water partition coefficient (Wildman–Crippen LogP) is 4.50.